The van der Waals surface area contributed by atoms with Crippen LogP contribution in [0.2, 0.25) is 0 Å². The third-order valence-electron chi connectivity index (χ3n) is 3.55. The predicted molar refractivity (Wildman–Crippen MR) is 95.4 cm³/mol. The first-order valence-electron chi connectivity index (χ1n) is 7.80. The van der Waals surface area contributed by atoms with Gasteiger partial charge in [-0.05, 0) is 45.3 Å². The van der Waals surface area contributed by atoms with Crippen LogP contribution >= 0.6 is 0 Å². The van der Waals surface area contributed by atoms with Crippen molar-refractivity contribution in [1.29, 1.82) is 0 Å². The molecule has 0 amide bonds. The minimum absolute atomic E-state index is 0.466. The number of benzene rings is 1. The molecule has 0 saturated heterocycles. The SMILES string of the molecule is CC=C(C)CCC=C(C)COc1ccccc1C(C=O)=COC. The second-order valence-corrected chi connectivity index (χ2v) is 5.44. The number of aldehydes is 1. The van der Waals surface area contributed by atoms with Gasteiger partial charge in [-0.1, -0.05) is 35.9 Å². The lowest BCUT2D eigenvalue weighted by atomic mass is 10.1. The maximum atomic E-state index is 11.2. The van der Waals surface area contributed by atoms with Crippen molar-refractivity contribution in [2.45, 2.75) is 33.6 Å². The zero-order valence-electron chi connectivity index (χ0n) is 14.5. The number of allylic oxidation sites excluding steroid dienone is 4. The van der Waals surface area contributed by atoms with Crippen LogP contribution in [0.5, 0.6) is 5.75 Å². The van der Waals surface area contributed by atoms with E-state index in [1.807, 2.05) is 24.3 Å². The molecule has 0 fully saturated rings. The van der Waals surface area contributed by atoms with Crippen molar-refractivity contribution in [3.8, 4) is 5.75 Å². The Hall–Kier alpha value is -2.29. The molecule has 124 valence electrons. The van der Waals surface area contributed by atoms with Gasteiger partial charge in [0.1, 0.15) is 12.4 Å². The van der Waals surface area contributed by atoms with E-state index in [4.69, 9.17) is 9.47 Å². The van der Waals surface area contributed by atoms with Crippen LogP contribution < -0.4 is 4.74 Å². The summed E-state index contributed by atoms with van der Waals surface area (Å²) in [4.78, 5) is 11.2. The molecule has 0 aromatic heterocycles. The largest absolute Gasteiger partial charge is 0.504 e. The fourth-order valence-electron chi connectivity index (χ4n) is 2.05. The van der Waals surface area contributed by atoms with Gasteiger partial charge in [-0.3, -0.25) is 4.79 Å². The van der Waals surface area contributed by atoms with E-state index in [1.54, 1.807) is 0 Å². The molecule has 23 heavy (non-hydrogen) atoms. The minimum Gasteiger partial charge on any atom is -0.504 e. The number of methoxy groups -OCH3 is 1. The molecular weight excluding hydrogens is 288 g/mol. The van der Waals surface area contributed by atoms with Crippen LogP contribution in [0.3, 0.4) is 0 Å². The normalized spacial score (nSPS) is 13.0. The van der Waals surface area contributed by atoms with Crippen molar-refractivity contribution in [2.75, 3.05) is 13.7 Å². The van der Waals surface area contributed by atoms with Gasteiger partial charge in [-0.15, -0.1) is 0 Å². The monoisotopic (exact) mass is 314 g/mol. The van der Waals surface area contributed by atoms with Crippen LogP contribution in [0.25, 0.3) is 5.57 Å². The van der Waals surface area contributed by atoms with Crippen LogP contribution in [-0.2, 0) is 9.53 Å². The maximum Gasteiger partial charge on any atom is 0.153 e. The van der Waals surface area contributed by atoms with E-state index in [0.717, 1.165) is 24.7 Å². The fraction of sp³-hybridized carbons (Fsp3) is 0.350. The second-order valence-electron chi connectivity index (χ2n) is 5.44. The molecule has 0 N–H and O–H groups in total. The molecule has 3 nitrogen and oxygen atoms in total. The molecule has 0 aliphatic rings. The van der Waals surface area contributed by atoms with Crippen molar-refractivity contribution in [1.82, 2.24) is 0 Å². The van der Waals surface area contributed by atoms with E-state index < -0.39 is 0 Å². The van der Waals surface area contributed by atoms with E-state index in [2.05, 4.69) is 32.9 Å². The van der Waals surface area contributed by atoms with Crippen molar-refractivity contribution in [2.24, 2.45) is 0 Å². The zero-order valence-corrected chi connectivity index (χ0v) is 14.5. The molecule has 0 heterocycles. The summed E-state index contributed by atoms with van der Waals surface area (Å²) in [6.45, 7) is 6.76. The summed E-state index contributed by atoms with van der Waals surface area (Å²) >= 11 is 0. The molecule has 0 aliphatic carbocycles. The molecule has 1 aromatic rings. The summed E-state index contributed by atoms with van der Waals surface area (Å²) in [5.74, 6) is 0.681. The Morgan fingerprint density at radius 2 is 1.91 bits per heavy atom. The number of carbonyl (C=O) groups excluding carboxylic acids is 1. The van der Waals surface area contributed by atoms with Crippen LogP contribution in [0.15, 0.2) is 53.8 Å². The van der Waals surface area contributed by atoms with E-state index in [9.17, 15) is 4.79 Å². The highest BCUT2D eigenvalue weighted by molar-refractivity contribution is 6.07. The summed E-state index contributed by atoms with van der Waals surface area (Å²) in [7, 11) is 1.52. The lowest BCUT2D eigenvalue weighted by Crippen LogP contribution is -2.02. The van der Waals surface area contributed by atoms with E-state index in [-0.39, 0.29) is 0 Å². The van der Waals surface area contributed by atoms with Gasteiger partial charge in [0.05, 0.1) is 18.9 Å². The fourth-order valence-corrected chi connectivity index (χ4v) is 2.05. The molecule has 0 radical (unpaired) electrons. The minimum atomic E-state index is 0.466. The average Bonchev–Trinajstić information content (AvgIpc) is 2.58. The van der Waals surface area contributed by atoms with Crippen molar-refractivity contribution in [3.05, 3.63) is 59.4 Å². The van der Waals surface area contributed by atoms with E-state index in [0.29, 0.717) is 17.9 Å². The third kappa shape index (κ3) is 6.55. The molecule has 0 unspecified atom stereocenters. The summed E-state index contributed by atoms with van der Waals surface area (Å²) in [6.07, 6.45) is 8.61. The Kier molecular flexibility index (Phi) is 8.51. The lowest BCUT2D eigenvalue weighted by Gasteiger charge is -2.11. The summed E-state index contributed by atoms with van der Waals surface area (Å²) in [6, 6.07) is 7.48. The summed E-state index contributed by atoms with van der Waals surface area (Å²) < 4.78 is 10.8. The highest BCUT2D eigenvalue weighted by Gasteiger charge is 2.08. The first-order chi connectivity index (χ1) is 11.1. The molecule has 0 bridgehead atoms. The number of hydrogen-bond acceptors (Lipinski definition) is 3. The van der Waals surface area contributed by atoms with Crippen LogP contribution in [0, 0.1) is 0 Å². The van der Waals surface area contributed by atoms with Gasteiger partial charge in [-0.2, -0.15) is 0 Å². The molecule has 1 rings (SSSR count). The van der Waals surface area contributed by atoms with Crippen molar-refractivity contribution in [3.63, 3.8) is 0 Å². The van der Waals surface area contributed by atoms with Gasteiger partial charge in [0.15, 0.2) is 6.29 Å². The van der Waals surface area contributed by atoms with Crippen LogP contribution in [0.4, 0.5) is 0 Å². The number of para-hydroxylation sites is 1. The van der Waals surface area contributed by atoms with Gasteiger partial charge in [0, 0.05) is 5.56 Å². The summed E-state index contributed by atoms with van der Waals surface area (Å²) in [5, 5.41) is 0. The Morgan fingerprint density at radius 3 is 2.57 bits per heavy atom. The van der Waals surface area contributed by atoms with Gasteiger partial charge < -0.3 is 9.47 Å². The Balaban J connectivity index is 2.73. The van der Waals surface area contributed by atoms with Gasteiger partial charge in [0.2, 0.25) is 0 Å². The lowest BCUT2D eigenvalue weighted by molar-refractivity contribution is -0.103. The molecule has 0 atom stereocenters. The molecule has 0 spiro atoms. The second kappa shape index (κ2) is 10.4. The van der Waals surface area contributed by atoms with Crippen molar-refractivity contribution < 1.29 is 14.3 Å². The van der Waals surface area contributed by atoms with Crippen LogP contribution in [-0.4, -0.2) is 20.0 Å². The van der Waals surface area contributed by atoms with Crippen LogP contribution in [0.1, 0.15) is 39.2 Å². The zero-order chi connectivity index (χ0) is 17.1. The smallest absolute Gasteiger partial charge is 0.153 e. The molecule has 0 aliphatic heterocycles. The molecule has 0 saturated carbocycles. The summed E-state index contributed by atoms with van der Waals surface area (Å²) in [5.41, 5.74) is 3.77. The molecule has 3 heteroatoms. The maximum absolute atomic E-state index is 11.2. The number of rotatable bonds is 9. The Bertz CT molecular complexity index is 595. The van der Waals surface area contributed by atoms with Gasteiger partial charge in [-0.25, -0.2) is 0 Å². The Labute approximate surface area is 139 Å². The number of hydrogen-bond donors (Lipinski definition) is 0. The highest BCUT2D eigenvalue weighted by atomic mass is 16.5. The number of ether oxygens (including phenoxy) is 2. The standard InChI is InChI=1S/C20H26O3/c1-5-16(2)9-8-10-17(3)14-23-20-12-7-6-11-19(20)18(13-21)15-22-4/h5-7,10-13,15H,8-9,14H2,1-4H3. The first-order valence-corrected chi connectivity index (χ1v) is 7.80. The molecular formula is C20H26O3. The number of carbonyl (C=O) groups is 1. The van der Waals surface area contributed by atoms with Gasteiger partial charge >= 0.3 is 0 Å². The first kappa shape index (κ1) is 18.8. The quantitative estimate of drug-likeness (QED) is 0.280. The molecule has 1 aromatic carbocycles. The van der Waals surface area contributed by atoms with E-state index >= 15 is 0 Å². The third-order valence-corrected chi connectivity index (χ3v) is 3.55. The predicted octanol–water partition coefficient (Wildman–Crippen LogP) is 4.94. The Morgan fingerprint density at radius 1 is 1.17 bits per heavy atom. The van der Waals surface area contributed by atoms with Gasteiger partial charge in [0.25, 0.3) is 0 Å². The van der Waals surface area contributed by atoms with E-state index in [1.165, 1.54) is 24.5 Å². The highest BCUT2D eigenvalue weighted by Crippen LogP contribution is 2.25. The average molecular weight is 314 g/mol. The van der Waals surface area contributed by atoms with Crippen molar-refractivity contribution >= 4 is 11.9 Å². The topological polar surface area (TPSA) is 35.5 Å².